The van der Waals surface area contributed by atoms with E-state index in [1.54, 1.807) is 6.07 Å². The van der Waals surface area contributed by atoms with Gasteiger partial charge >= 0.3 is 0 Å². The highest BCUT2D eigenvalue weighted by Crippen LogP contribution is 2.28. The first-order valence-electron chi connectivity index (χ1n) is 5.96. The third-order valence-corrected chi connectivity index (χ3v) is 3.20. The molecule has 2 rings (SSSR count). The molecule has 1 aromatic carbocycles. The molecule has 0 saturated heterocycles. The summed E-state index contributed by atoms with van der Waals surface area (Å²) in [6, 6.07) is 6.01. The molecule has 1 aromatic rings. The molecular weight excluding hydrogens is 203 g/mol. The van der Waals surface area contributed by atoms with Crippen molar-refractivity contribution in [3.05, 3.63) is 35.1 Å². The van der Waals surface area contributed by atoms with Crippen LogP contribution >= 0.6 is 0 Å². The van der Waals surface area contributed by atoms with Crippen LogP contribution in [0.3, 0.4) is 0 Å². The molecule has 16 heavy (non-hydrogen) atoms. The maximum absolute atomic E-state index is 13.7. The van der Waals surface area contributed by atoms with Gasteiger partial charge in [0.05, 0.1) is 0 Å². The van der Waals surface area contributed by atoms with E-state index in [-0.39, 0.29) is 5.82 Å². The van der Waals surface area contributed by atoms with E-state index >= 15 is 0 Å². The van der Waals surface area contributed by atoms with E-state index in [0.717, 1.165) is 24.2 Å². The molecule has 88 valence electrons. The van der Waals surface area contributed by atoms with Crippen LogP contribution in [0.1, 0.15) is 30.9 Å². The molecular formula is C13H19FN2. The third-order valence-electron chi connectivity index (χ3n) is 3.20. The van der Waals surface area contributed by atoms with Crippen LogP contribution in [0, 0.1) is 5.82 Å². The van der Waals surface area contributed by atoms with Crippen LogP contribution in [-0.4, -0.2) is 17.5 Å². The van der Waals surface area contributed by atoms with Crippen molar-refractivity contribution in [2.75, 3.05) is 6.54 Å². The highest BCUT2D eigenvalue weighted by molar-refractivity contribution is 5.24. The van der Waals surface area contributed by atoms with E-state index in [1.807, 2.05) is 12.1 Å². The SMILES string of the molecule is CCN(Cc1ccc(CN)cc1F)C1CC1. The molecule has 1 fully saturated rings. The lowest BCUT2D eigenvalue weighted by molar-refractivity contribution is 0.265. The summed E-state index contributed by atoms with van der Waals surface area (Å²) in [5, 5.41) is 0. The van der Waals surface area contributed by atoms with Gasteiger partial charge in [-0.25, -0.2) is 4.39 Å². The van der Waals surface area contributed by atoms with Crippen LogP contribution in [0.2, 0.25) is 0 Å². The van der Waals surface area contributed by atoms with Crippen LogP contribution in [0.15, 0.2) is 18.2 Å². The molecule has 0 aromatic heterocycles. The molecule has 0 amide bonds. The summed E-state index contributed by atoms with van der Waals surface area (Å²) in [5.74, 6) is -0.123. The number of hydrogen-bond acceptors (Lipinski definition) is 2. The molecule has 0 atom stereocenters. The second kappa shape index (κ2) is 4.93. The maximum Gasteiger partial charge on any atom is 0.128 e. The summed E-state index contributed by atoms with van der Waals surface area (Å²) in [5.41, 5.74) is 7.12. The number of nitrogens with zero attached hydrogens (tertiary/aromatic N) is 1. The Kier molecular flexibility index (Phi) is 3.56. The van der Waals surface area contributed by atoms with Gasteiger partial charge in [-0.3, -0.25) is 4.90 Å². The van der Waals surface area contributed by atoms with Gasteiger partial charge < -0.3 is 5.73 Å². The van der Waals surface area contributed by atoms with E-state index in [2.05, 4.69) is 11.8 Å². The van der Waals surface area contributed by atoms with Crippen LogP contribution in [0.25, 0.3) is 0 Å². The van der Waals surface area contributed by atoms with Crippen LogP contribution in [0.4, 0.5) is 4.39 Å². The van der Waals surface area contributed by atoms with Gasteiger partial charge in [-0.15, -0.1) is 0 Å². The Balaban J connectivity index is 2.07. The van der Waals surface area contributed by atoms with E-state index in [1.165, 1.54) is 12.8 Å². The minimum Gasteiger partial charge on any atom is -0.326 e. The highest BCUT2D eigenvalue weighted by atomic mass is 19.1. The van der Waals surface area contributed by atoms with Crippen molar-refractivity contribution in [3.63, 3.8) is 0 Å². The predicted octanol–water partition coefficient (Wildman–Crippen LogP) is 2.27. The Morgan fingerprint density at radius 1 is 1.44 bits per heavy atom. The van der Waals surface area contributed by atoms with Gasteiger partial charge in [-0.05, 0) is 31.0 Å². The van der Waals surface area contributed by atoms with Gasteiger partial charge in [0.2, 0.25) is 0 Å². The third kappa shape index (κ3) is 2.60. The normalized spacial score (nSPS) is 15.8. The predicted molar refractivity (Wildman–Crippen MR) is 63.4 cm³/mol. The molecule has 1 saturated carbocycles. The summed E-state index contributed by atoms with van der Waals surface area (Å²) in [7, 11) is 0. The fraction of sp³-hybridized carbons (Fsp3) is 0.538. The topological polar surface area (TPSA) is 29.3 Å². The summed E-state index contributed by atoms with van der Waals surface area (Å²) in [6.45, 7) is 4.24. The van der Waals surface area contributed by atoms with E-state index in [0.29, 0.717) is 12.6 Å². The summed E-state index contributed by atoms with van der Waals surface area (Å²) in [6.07, 6.45) is 2.52. The first-order chi connectivity index (χ1) is 7.74. The maximum atomic E-state index is 13.7. The quantitative estimate of drug-likeness (QED) is 0.828. The van der Waals surface area contributed by atoms with Crippen molar-refractivity contribution in [2.24, 2.45) is 5.73 Å². The smallest absolute Gasteiger partial charge is 0.128 e. The van der Waals surface area contributed by atoms with Gasteiger partial charge in [0, 0.05) is 24.7 Å². The zero-order chi connectivity index (χ0) is 11.5. The summed E-state index contributed by atoms with van der Waals surface area (Å²) >= 11 is 0. The molecule has 1 aliphatic carbocycles. The molecule has 1 aliphatic rings. The Hall–Kier alpha value is -0.930. The van der Waals surface area contributed by atoms with E-state index in [9.17, 15) is 4.39 Å². The molecule has 0 radical (unpaired) electrons. The lowest BCUT2D eigenvalue weighted by Crippen LogP contribution is -2.25. The van der Waals surface area contributed by atoms with Gasteiger partial charge in [-0.1, -0.05) is 19.1 Å². The van der Waals surface area contributed by atoms with Crippen molar-refractivity contribution in [2.45, 2.75) is 38.9 Å². The van der Waals surface area contributed by atoms with Crippen LogP contribution < -0.4 is 5.73 Å². The van der Waals surface area contributed by atoms with Crippen molar-refractivity contribution in [3.8, 4) is 0 Å². The molecule has 0 heterocycles. The fourth-order valence-electron chi connectivity index (χ4n) is 2.00. The largest absolute Gasteiger partial charge is 0.326 e. The van der Waals surface area contributed by atoms with E-state index < -0.39 is 0 Å². The highest BCUT2D eigenvalue weighted by Gasteiger charge is 2.28. The minimum atomic E-state index is -0.123. The van der Waals surface area contributed by atoms with E-state index in [4.69, 9.17) is 5.73 Å². The molecule has 2 N–H and O–H groups in total. The second-order valence-electron chi connectivity index (χ2n) is 4.42. The average molecular weight is 222 g/mol. The van der Waals surface area contributed by atoms with Crippen LogP contribution in [-0.2, 0) is 13.1 Å². The summed E-state index contributed by atoms with van der Waals surface area (Å²) in [4.78, 5) is 2.33. The molecule has 0 aliphatic heterocycles. The zero-order valence-electron chi connectivity index (χ0n) is 9.75. The molecule has 0 spiro atoms. The van der Waals surface area contributed by atoms with Crippen molar-refractivity contribution in [1.82, 2.24) is 4.90 Å². The number of benzene rings is 1. The van der Waals surface area contributed by atoms with Gasteiger partial charge in [-0.2, -0.15) is 0 Å². The molecule has 0 bridgehead atoms. The lowest BCUT2D eigenvalue weighted by Gasteiger charge is -2.20. The first-order valence-corrected chi connectivity index (χ1v) is 5.96. The van der Waals surface area contributed by atoms with Gasteiger partial charge in [0.25, 0.3) is 0 Å². The second-order valence-corrected chi connectivity index (χ2v) is 4.42. The van der Waals surface area contributed by atoms with Gasteiger partial charge in [0.1, 0.15) is 5.82 Å². The minimum absolute atomic E-state index is 0.123. The molecule has 2 nitrogen and oxygen atoms in total. The van der Waals surface area contributed by atoms with Crippen molar-refractivity contribution in [1.29, 1.82) is 0 Å². The Morgan fingerprint density at radius 3 is 2.69 bits per heavy atom. The van der Waals surface area contributed by atoms with Crippen molar-refractivity contribution >= 4 is 0 Å². The average Bonchev–Trinajstić information content (AvgIpc) is 3.11. The lowest BCUT2D eigenvalue weighted by atomic mass is 10.1. The molecule has 0 unspecified atom stereocenters. The number of halogens is 1. The Morgan fingerprint density at radius 2 is 2.19 bits per heavy atom. The van der Waals surface area contributed by atoms with Crippen LogP contribution in [0.5, 0.6) is 0 Å². The van der Waals surface area contributed by atoms with Crippen molar-refractivity contribution < 1.29 is 4.39 Å². The number of rotatable bonds is 5. The number of hydrogen-bond donors (Lipinski definition) is 1. The monoisotopic (exact) mass is 222 g/mol. The van der Waals surface area contributed by atoms with Gasteiger partial charge in [0.15, 0.2) is 0 Å². The fourth-order valence-corrected chi connectivity index (χ4v) is 2.00. The number of nitrogens with two attached hydrogens (primary N) is 1. The Labute approximate surface area is 96.2 Å². The first kappa shape index (κ1) is 11.6. The standard InChI is InChI=1S/C13H19FN2/c1-2-16(12-5-6-12)9-11-4-3-10(8-15)7-13(11)14/h3-4,7,12H,2,5-6,8-9,15H2,1H3. The summed E-state index contributed by atoms with van der Waals surface area (Å²) < 4.78 is 13.7. The molecule has 3 heteroatoms. The Bertz CT molecular complexity index is 361. The zero-order valence-corrected chi connectivity index (χ0v) is 9.75.